The van der Waals surface area contributed by atoms with Gasteiger partial charge in [-0.25, -0.2) is 0 Å². The van der Waals surface area contributed by atoms with Gasteiger partial charge in [-0.05, 0) is 45.3 Å². The summed E-state index contributed by atoms with van der Waals surface area (Å²) in [7, 11) is 2.07. The van der Waals surface area contributed by atoms with Crippen LogP contribution in [-0.2, 0) is 0 Å². The van der Waals surface area contributed by atoms with Gasteiger partial charge < -0.3 is 5.32 Å². The molecule has 1 heterocycles. The summed E-state index contributed by atoms with van der Waals surface area (Å²) in [6.07, 6.45) is 4.02. The lowest BCUT2D eigenvalue weighted by molar-refractivity contribution is 0.224. The van der Waals surface area contributed by atoms with Crippen LogP contribution in [0, 0.1) is 6.92 Å². The number of rotatable bonds is 5. The monoisotopic (exact) mass is 246 g/mol. The Morgan fingerprint density at radius 2 is 2.28 bits per heavy atom. The van der Waals surface area contributed by atoms with E-state index in [1.165, 1.54) is 36.9 Å². The molecule has 1 saturated heterocycles. The van der Waals surface area contributed by atoms with E-state index in [-0.39, 0.29) is 0 Å². The quantitative estimate of drug-likeness (QED) is 0.858. The maximum absolute atomic E-state index is 3.48. The first-order valence-corrected chi connectivity index (χ1v) is 7.22. The summed E-state index contributed by atoms with van der Waals surface area (Å²) < 4.78 is 0. The molecule has 0 saturated carbocycles. The summed E-state index contributed by atoms with van der Waals surface area (Å²) in [5.41, 5.74) is 2.76. The van der Waals surface area contributed by atoms with Crippen LogP contribution in [0.5, 0.6) is 0 Å². The van der Waals surface area contributed by atoms with Crippen LogP contribution in [0.15, 0.2) is 24.3 Å². The molecule has 0 radical (unpaired) electrons. The van der Waals surface area contributed by atoms with E-state index in [0.29, 0.717) is 6.04 Å². The molecule has 100 valence electrons. The molecule has 2 unspecified atom stereocenters. The molecule has 2 rings (SSSR count). The summed E-state index contributed by atoms with van der Waals surface area (Å²) >= 11 is 0. The minimum Gasteiger partial charge on any atom is -0.312 e. The molecule has 2 heteroatoms. The van der Waals surface area contributed by atoms with Crippen LogP contribution in [-0.4, -0.2) is 31.1 Å². The van der Waals surface area contributed by atoms with Gasteiger partial charge in [0.25, 0.3) is 0 Å². The number of benzene rings is 1. The highest BCUT2D eigenvalue weighted by Crippen LogP contribution is 2.23. The van der Waals surface area contributed by atoms with E-state index in [4.69, 9.17) is 0 Å². The lowest BCUT2D eigenvalue weighted by Crippen LogP contribution is -2.36. The Morgan fingerprint density at radius 1 is 1.44 bits per heavy atom. The Morgan fingerprint density at radius 3 is 2.94 bits per heavy atom. The van der Waals surface area contributed by atoms with E-state index in [9.17, 15) is 0 Å². The van der Waals surface area contributed by atoms with E-state index in [0.717, 1.165) is 12.6 Å². The van der Waals surface area contributed by atoms with E-state index in [1.807, 2.05) is 0 Å². The number of nitrogens with one attached hydrogen (secondary N) is 1. The first-order valence-electron chi connectivity index (χ1n) is 7.22. The van der Waals surface area contributed by atoms with Gasteiger partial charge in [0.05, 0.1) is 0 Å². The topological polar surface area (TPSA) is 15.3 Å². The first kappa shape index (κ1) is 13.6. The Hall–Kier alpha value is -0.860. The van der Waals surface area contributed by atoms with Crippen molar-refractivity contribution in [3.05, 3.63) is 35.4 Å². The standard InChI is InChI=1S/C16H26N2/c1-4-15-9-6-10-18(15)12-16(17-3)14-8-5-7-13(2)11-14/h5,7-8,11,15-17H,4,6,9-10,12H2,1-3H3. The van der Waals surface area contributed by atoms with E-state index < -0.39 is 0 Å². The fraction of sp³-hybridized carbons (Fsp3) is 0.625. The van der Waals surface area contributed by atoms with Crippen molar-refractivity contribution in [1.82, 2.24) is 10.2 Å². The highest BCUT2D eigenvalue weighted by atomic mass is 15.2. The van der Waals surface area contributed by atoms with E-state index in [1.54, 1.807) is 0 Å². The summed E-state index contributed by atoms with van der Waals surface area (Å²) in [6, 6.07) is 10.1. The maximum Gasteiger partial charge on any atom is 0.0447 e. The van der Waals surface area contributed by atoms with Gasteiger partial charge >= 0.3 is 0 Å². The summed E-state index contributed by atoms with van der Waals surface area (Å²) in [5.74, 6) is 0. The molecular weight excluding hydrogens is 220 g/mol. The van der Waals surface area contributed by atoms with Crippen molar-refractivity contribution in [2.75, 3.05) is 20.1 Å². The Labute approximate surface area is 111 Å². The molecule has 2 nitrogen and oxygen atoms in total. The second kappa shape index (κ2) is 6.35. The van der Waals surface area contributed by atoms with Crippen LogP contribution in [0.4, 0.5) is 0 Å². The molecule has 1 aromatic rings. The van der Waals surface area contributed by atoms with Gasteiger partial charge in [-0.3, -0.25) is 4.90 Å². The van der Waals surface area contributed by atoms with Crippen LogP contribution in [0.25, 0.3) is 0 Å². The van der Waals surface area contributed by atoms with Crippen LogP contribution < -0.4 is 5.32 Å². The second-order valence-corrected chi connectivity index (χ2v) is 5.45. The Balaban J connectivity index is 2.05. The van der Waals surface area contributed by atoms with Crippen molar-refractivity contribution in [3.63, 3.8) is 0 Å². The number of hydrogen-bond donors (Lipinski definition) is 1. The molecule has 2 atom stereocenters. The number of aryl methyl sites for hydroxylation is 1. The molecule has 0 amide bonds. The molecular formula is C16H26N2. The maximum atomic E-state index is 3.48. The number of likely N-dealkylation sites (N-methyl/N-ethyl adjacent to an activating group) is 1. The molecule has 1 N–H and O–H groups in total. The third-order valence-corrected chi connectivity index (χ3v) is 4.18. The van der Waals surface area contributed by atoms with Gasteiger partial charge in [0.1, 0.15) is 0 Å². The molecule has 1 aliphatic heterocycles. The van der Waals surface area contributed by atoms with E-state index >= 15 is 0 Å². The third-order valence-electron chi connectivity index (χ3n) is 4.18. The summed E-state index contributed by atoms with van der Waals surface area (Å²) in [6.45, 7) is 6.88. The van der Waals surface area contributed by atoms with Crippen molar-refractivity contribution in [3.8, 4) is 0 Å². The van der Waals surface area contributed by atoms with Gasteiger partial charge in [0, 0.05) is 18.6 Å². The fourth-order valence-electron chi connectivity index (χ4n) is 3.08. The van der Waals surface area contributed by atoms with Crippen molar-refractivity contribution < 1.29 is 0 Å². The van der Waals surface area contributed by atoms with Gasteiger partial charge in [0.2, 0.25) is 0 Å². The van der Waals surface area contributed by atoms with Crippen molar-refractivity contribution >= 4 is 0 Å². The minimum absolute atomic E-state index is 0.456. The first-order chi connectivity index (χ1) is 8.74. The zero-order chi connectivity index (χ0) is 13.0. The Bertz CT molecular complexity index is 375. The van der Waals surface area contributed by atoms with Crippen LogP contribution in [0.2, 0.25) is 0 Å². The van der Waals surface area contributed by atoms with Gasteiger partial charge in [0.15, 0.2) is 0 Å². The normalized spacial score (nSPS) is 22.3. The predicted molar refractivity (Wildman–Crippen MR) is 77.9 cm³/mol. The lowest BCUT2D eigenvalue weighted by atomic mass is 10.0. The van der Waals surface area contributed by atoms with Crippen molar-refractivity contribution in [2.45, 2.75) is 45.2 Å². The molecule has 18 heavy (non-hydrogen) atoms. The molecule has 0 aliphatic carbocycles. The zero-order valence-electron chi connectivity index (χ0n) is 11.9. The highest BCUT2D eigenvalue weighted by molar-refractivity contribution is 5.25. The van der Waals surface area contributed by atoms with Crippen LogP contribution in [0.1, 0.15) is 43.4 Å². The highest BCUT2D eigenvalue weighted by Gasteiger charge is 2.25. The van der Waals surface area contributed by atoms with Crippen LogP contribution >= 0.6 is 0 Å². The number of hydrogen-bond acceptors (Lipinski definition) is 2. The van der Waals surface area contributed by atoms with Crippen molar-refractivity contribution in [2.24, 2.45) is 0 Å². The minimum atomic E-state index is 0.456. The van der Waals surface area contributed by atoms with Gasteiger partial charge in [-0.15, -0.1) is 0 Å². The molecule has 1 fully saturated rings. The average Bonchev–Trinajstić information content (AvgIpc) is 2.83. The fourth-order valence-corrected chi connectivity index (χ4v) is 3.08. The average molecular weight is 246 g/mol. The van der Waals surface area contributed by atoms with Crippen LogP contribution in [0.3, 0.4) is 0 Å². The summed E-state index contributed by atoms with van der Waals surface area (Å²) in [5, 5.41) is 3.48. The van der Waals surface area contributed by atoms with Gasteiger partial charge in [-0.2, -0.15) is 0 Å². The van der Waals surface area contributed by atoms with Crippen molar-refractivity contribution in [1.29, 1.82) is 0 Å². The van der Waals surface area contributed by atoms with Gasteiger partial charge in [-0.1, -0.05) is 36.8 Å². The Kier molecular flexibility index (Phi) is 4.79. The molecule has 0 spiro atoms. The smallest absolute Gasteiger partial charge is 0.0447 e. The number of nitrogens with zero attached hydrogens (tertiary/aromatic N) is 1. The molecule has 0 aromatic heterocycles. The zero-order valence-corrected chi connectivity index (χ0v) is 11.9. The largest absolute Gasteiger partial charge is 0.312 e. The van der Waals surface area contributed by atoms with E-state index in [2.05, 4.69) is 55.4 Å². The third kappa shape index (κ3) is 3.12. The summed E-state index contributed by atoms with van der Waals surface area (Å²) in [4.78, 5) is 2.66. The number of likely N-dealkylation sites (tertiary alicyclic amines) is 1. The molecule has 1 aliphatic rings. The predicted octanol–water partition coefficient (Wildman–Crippen LogP) is 3.13. The molecule has 0 bridgehead atoms. The molecule has 1 aromatic carbocycles. The lowest BCUT2D eigenvalue weighted by Gasteiger charge is -2.28. The SMILES string of the molecule is CCC1CCCN1CC(NC)c1cccc(C)c1. The second-order valence-electron chi connectivity index (χ2n) is 5.45.